The van der Waals surface area contributed by atoms with Crippen LogP contribution in [-0.2, 0) is 10.9 Å². The number of carbonyl (C=O) groups excluding carboxylic acids is 2. The van der Waals surface area contributed by atoms with Gasteiger partial charge in [0.25, 0.3) is 11.8 Å². The maximum absolute atomic E-state index is 13.0. The number of amides is 2. The quantitative estimate of drug-likeness (QED) is 0.464. The van der Waals surface area contributed by atoms with Crippen LogP contribution in [0.1, 0.15) is 59.4 Å². The first-order valence-corrected chi connectivity index (χ1v) is 11.9. The number of alkyl halides is 3. The molecule has 2 N–H and O–H groups in total. The molecule has 0 spiro atoms. The molecule has 0 aromatic heterocycles. The Balaban J connectivity index is 1.77. The lowest BCUT2D eigenvalue weighted by molar-refractivity contribution is -0.137. The van der Waals surface area contributed by atoms with Gasteiger partial charge in [-0.2, -0.15) is 13.2 Å². The lowest BCUT2D eigenvalue weighted by Crippen LogP contribution is -2.35. The Hall–Kier alpha value is -3.07. The number of rotatable bonds is 9. The standard InChI is InChI=1S/C26H32F3N3O3/c1-3-35-16-4-13-30-25(34)22-17-21(9-10-23(22)32-14-11-18(2)12-15-32)31-24(33)19-5-7-20(8-6-19)26(27,28)29/h5-10,17-18H,3-4,11-16H2,1-2H3,(H,30,34)(H,31,33). The number of halogens is 3. The van der Waals surface area contributed by atoms with Crippen LogP contribution in [0.3, 0.4) is 0 Å². The van der Waals surface area contributed by atoms with Gasteiger partial charge in [-0.05, 0) is 74.6 Å². The predicted octanol–water partition coefficient (Wildman–Crippen LogP) is 5.35. The summed E-state index contributed by atoms with van der Waals surface area (Å²) in [6.45, 7) is 7.42. The summed E-state index contributed by atoms with van der Waals surface area (Å²) in [6.07, 6.45) is -1.73. The average molecular weight is 492 g/mol. The Bertz CT molecular complexity index is 1000. The van der Waals surface area contributed by atoms with Gasteiger partial charge >= 0.3 is 6.18 Å². The number of anilines is 2. The smallest absolute Gasteiger partial charge is 0.382 e. The van der Waals surface area contributed by atoms with Crippen LogP contribution in [0.4, 0.5) is 24.5 Å². The number of carbonyl (C=O) groups is 2. The van der Waals surface area contributed by atoms with Gasteiger partial charge in [-0.25, -0.2) is 0 Å². The SMILES string of the molecule is CCOCCCNC(=O)c1cc(NC(=O)c2ccc(C(F)(F)F)cc2)ccc1N1CCC(C)CC1. The summed E-state index contributed by atoms with van der Waals surface area (Å²) in [4.78, 5) is 27.9. The zero-order valence-corrected chi connectivity index (χ0v) is 20.1. The van der Waals surface area contributed by atoms with Crippen molar-refractivity contribution in [1.29, 1.82) is 0 Å². The van der Waals surface area contributed by atoms with Gasteiger partial charge in [0.2, 0.25) is 0 Å². The molecule has 1 saturated heterocycles. The Kier molecular flexibility index (Phi) is 9.14. The lowest BCUT2D eigenvalue weighted by Gasteiger charge is -2.33. The van der Waals surface area contributed by atoms with E-state index < -0.39 is 17.6 Å². The Morgan fingerprint density at radius 1 is 1.06 bits per heavy atom. The number of piperidine rings is 1. The van der Waals surface area contributed by atoms with Gasteiger partial charge in [0.15, 0.2) is 0 Å². The van der Waals surface area contributed by atoms with Crippen molar-refractivity contribution in [3.8, 4) is 0 Å². The molecule has 2 aromatic carbocycles. The topological polar surface area (TPSA) is 70.7 Å². The van der Waals surface area contributed by atoms with E-state index in [-0.39, 0.29) is 11.5 Å². The Morgan fingerprint density at radius 3 is 2.37 bits per heavy atom. The van der Waals surface area contributed by atoms with Crippen molar-refractivity contribution >= 4 is 23.2 Å². The molecule has 1 aliphatic rings. The molecule has 3 rings (SSSR count). The molecule has 0 bridgehead atoms. The highest BCUT2D eigenvalue weighted by Gasteiger charge is 2.30. The fourth-order valence-electron chi connectivity index (χ4n) is 3.95. The van der Waals surface area contributed by atoms with Crippen LogP contribution in [0.5, 0.6) is 0 Å². The number of benzene rings is 2. The summed E-state index contributed by atoms with van der Waals surface area (Å²) in [5.41, 5.74) is 0.906. The minimum absolute atomic E-state index is 0.0917. The fraction of sp³-hybridized carbons (Fsp3) is 0.462. The van der Waals surface area contributed by atoms with Gasteiger partial charge in [-0.1, -0.05) is 6.92 Å². The van der Waals surface area contributed by atoms with E-state index in [1.807, 2.05) is 13.0 Å². The normalized spacial score (nSPS) is 14.6. The third-order valence-electron chi connectivity index (χ3n) is 6.05. The zero-order valence-electron chi connectivity index (χ0n) is 20.1. The summed E-state index contributed by atoms with van der Waals surface area (Å²) < 4.78 is 43.7. The van der Waals surface area contributed by atoms with Crippen molar-refractivity contribution in [2.45, 2.75) is 39.3 Å². The van der Waals surface area contributed by atoms with Crippen molar-refractivity contribution < 1.29 is 27.5 Å². The molecular formula is C26H32F3N3O3. The molecule has 1 fully saturated rings. The first kappa shape index (κ1) is 26.5. The third kappa shape index (κ3) is 7.45. The lowest BCUT2D eigenvalue weighted by atomic mass is 9.97. The van der Waals surface area contributed by atoms with Crippen LogP contribution in [0.15, 0.2) is 42.5 Å². The van der Waals surface area contributed by atoms with Crippen LogP contribution >= 0.6 is 0 Å². The van der Waals surface area contributed by atoms with Gasteiger partial charge in [-0.15, -0.1) is 0 Å². The van der Waals surface area contributed by atoms with Gasteiger partial charge in [0.1, 0.15) is 0 Å². The third-order valence-corrected chi connectivity index (χ3v) is 6.05. The van der Waals surface area contributed by atoms with Gasteiger partial charge in [-0.3, -0.25) is 9.59 Å². The highest BCUT2D eigenvalue weighted by Crippen LogP contribution is 2.30. The van der Waals surface area contributed by atoms with Crippen LogP contribution in [0.25, 0.3) is 0 Å². The van der Waals surface area contributed by atoms with E-state index >= 15 is 0 Å². The minimum atomic E-state index is -4.47. The molecule has 0 atom stereocenters. The maximum atomic E-state index is 13.0. The van der Waals surface area contributed by atoms with Crippen LogP contribution in [0.2, 0.25) is 0 Å². The first-order chi connectivity index (χ1) is 16.7. The van der Waals surface area contributed by atoms with E-state index in [1.165, 1.54) is 0 Å². The molecule has 6 nitrogen and oxygen atoms in total. The van der Waals surface area contributed by atoms with Gasteiger partial charge < -0.3 is 20.3 Å². The minimum Gasteiger partial charge on any atom is -0.382 e. The molecule has 9 heteroatoms. The molecule has 0 saturated carbocycles. The summed E-state index contributed by atoms with van der Waals surface area (Å²) in [6, 6.07) is 9.15. The molecule has 2 amide bonds. The molecule has 1 heterocycles. The Morgan fingerprint density at radius 2 is 1.74 bits per heavy atom. The number of nitrogens with zero attached hydrogens (tertiary/aromatic N) is 1. The average Bonchev–Trinajstić information content (AvgIpc) is 2.84. The number of hydrogen-bond acceptors (Lipinski definition) is 4. The molecule has 0 radical (unpaired) electrons. The second-order valence-corrected chi connectivity index (χ2v) is 8.74. The molecule has 190 valence electrons. The van der Waals surface area contributed by atoms with Crippen molar-refractivity contribution in [2.75, 3.05) is 43.1 Å². The molecule has 0 unspecified atom stereocenters. The van der Waals surface area contributed by atoms with Crippen molar-refractivity contribution in [3.05, 3.63) is 59.2 Å². The van der Waals surface area contributed by atoms with E-state index in [2.05, 4.69) is 22.5 Å². The van der Waals surface area contributed by atoms with Gasteiger partial charge in [0, 0.05) is 49.8 Å². The molecule has 35 heavy (non-hydrogen) atoms. The number of hydrogen-bond donors (Lipinski definition) is 2. The molecule has 2 aromatic rings. The molecule has 0 aliphatic carbocycles. The fourth-order valence-corrected chi connectivity index (χ4v) is 3.95. The maximum Gasteiger partial charge on any atom is 0.416 e. The van der Waals surface area contributed by atoms with E-state index in [9.17, 15) is 22.8 Å². The largest absolute Gasteiger partial charge is 0.416 e. The second kappa shape index (κ2) is 12.1. The summed E-state index contributed by atoms with van der Waals surface area (Å²) >= 11 is 0. The number of ether oxygens (including phenoxy) is 1. The summed E-state index contributed by atoms with van der Waals surface area (Å²) in [5, 5.41) is 5.61. The van der Waals surface area contributed by atoms with Crippen LogP contribution < -0.4 is 15.5 Å². The molecule has 1 aliphatic heterocycles. The van der Waals surface area contributed by atoms with E-state index in [4.69, 9.17) is 4.74 Å². The number of nitrogens with one attached hydrogen (secondary N) is 2. The van der Waals surface area contributed by atoms with Crippen molar-refractivity contribution in [3.63, 3.8) is 0 Å². The first-order valence-electron chi connectivity index (χ1n) is 11.9. The van der Waals surface area contributed by atoms with E-state index in [0.717, 1.165) is 55.9 Å². The predicted molar refractivity (Wildman–Crippen MR) is 130 cm³/mol. The van der Waals surface area contributed by atoms with Crippen LogP contribution in [-0.4, -0.2) is 44.7 Å². The Labute approximate surface area is 203 Å². The van der Waals surface area contributed by atoms with Crippen molar-refractivity contribution in [2.24, 2.45) is 5.92 Å². The monoisotopic (exact) mass is 491 g/mol. The van der Waals surface area contributed by atoms with E-state index in [0.29, 0.717) is 43.3 Å². The van der Waals surface area contributed by atoms with Crippen LogP contribution in [0, 0.1) is 5.92 Å². The molecular weight excluding hydrogens is 459 g/mol. The summed E-state index contributed by atoms with van der Waals surface area (Å²) in [7, 11) is 0. The van der Waals surface area contributed by atoms with E-state index in [1.54, 1.807) is 12.1 Å². The highest BCUT2D eigenvalue weighted by atomic mass is 19.4. The second-order valence-electron chi connectivity index (χ2n) is 8.74. The highest BCUT2D eigenvalue weighted by molar-refractivity contribution is 6.06. The van der Waals surface area contributed by atoms with Gasteiger partial charge in [0.05, 0.1) is 11.1 Å². The zero-order chi connectivity index (χ0) is 25.4. The summed E-state index contributed by atoms with van der Waals surface area (Å²) in [5.74, 6) is -0.175. The van der Waals surface area contributed by atoms with Crippen molar-refractivity contribution in [1.82, 2.24) is 5.32 Å².